The predicted molar refractivity (Wildman–Crippen MR) is 56.2 cm³/mol. The largest absolute Gasteiger partial charge is 0.463 e. The maximum Gasteiger partial charge on any atom is 0.308 e. The molecule has 0 rings (SSSR count). The van der Waals surface area contributed by atoms with Crippen LogP contribution in [0.25, 0.3) is 0 Å². The minimum absolute atomic E-state index is 0.0195. The minimum atomic E-state index is -0.164. The van der Waals surface area contributed by atoms with Gasteiger partial charge < -0.3 is 9.47 Å². The van der Waals surface area contributed by atoms with E-state index in [9.17, 15) is 4.79 Å². The SMILES string of the molecule is CCC(C)OCCC(=O)OC(C)CC. The maximum atomic E-state index is 11.2. The highest BCUT2D eigenvalue weighted by atomic mass is 16.5. The van der Waals surface area contributed by atoms with Crippen molar-refractivity contribution in [2.75, 3.05) is 6.61 Å². The number of hydrogen-bond donors (Lipinski definition) is 0. The quantitative estimate of drug-likeness (QED) is 0.595. The first-order valence-corrected chi connectivity index (χ1v) is 5.41. The fourth-order valence-corrected chi connectivity index (χ4v) is 0.828. The molecule has 0 aliphatic rings. The lowest BCUT2D eigenvalue weighted by molar-refractivity contribution is -0.149. The Labute approximate surface area is 86.8 Å². The van der Waals surface area contributed by atoms with Gasteiger partial charge in [0.25, 0.3) is 0 Å². The number of esters is 1. The van der Waals surface area contributed by atoms with Gasteiger partial charge in [0.2, 0.25) is 0 Å². The van der Waals surface area contributed by atoms with Crippen LogP contribution in [-0.2, 0) is 14.3 Å². The van der Waals surface area contributed by atoms with Gasteiger partial charge in [0.1, 0.15) is 0 Å². The summed E-state index contributed by atoms with van der Waals surface area (Å²) in [7, 11) is 0. The Bertz CT molecular complexity index is 157. The van der Waals surface area contributed by atoms with Crippen molar-refractivity contribution >= 4 is 5.97 Å². The first kappa shape index (κ1) is 13.4. The van der Waals surface area contributed by atoms with Gasteiger partial charge in [-0.25, -0.2) is 0 Å². The summed E-state index contributed by atoms with van der Waals surface area (Å²) in [6.07, 6.45) is 2.44. The average Bonchev–Trinajstić information content (AvgIpc) is 2.17. The summed E-state index contributed by atoms with van der Waals surface area (Å²) >= 11 is 0. The monoisotopic (exact) mass is 202 g/mol. The number of hydrogen-bond acceptors (Lipinski definition) is 3. The van der Waals surface area contributed by atoms with Crippen LogP contribution in [0, 0.1) is 0 Å². The molecule has 0 saturated heterocycles. The molecule has 3 heteroatoms. The molecule has 0 amide bonds. The van der Waals surface area contributed by atoms with E-state index in [4.69, 9.17) is 9.47 Å². The van der Waals surface area contributed by atoms with Gasteiger partial charge in [-0.1, -0.05) is 13.8 Å². The molecule has 0 radical (unpaired) electrons. The molecule has 0 bridgehead atoms. The Morgan fingerprint density at radius 2 is 1.71 bits per heavy atom. The summed E-state index contributed by atoms with van der Waals surface area (Å²) < 4.78 is 10.5. The lowest BCUT2D eigenvalue weighted by Crippen LogP contribution is -2.17. The first-order valence-electron chi connectivity index (χ1n) is 5.41. The lowest BCUT2D eigenvalue weighted by Gasteiger charge is -2.12. The van der Waals surface area contributed by atoms with Crippen molar-refractivity contribution < 1.29 is 14.3 Å². The van der Waals surface area contributed by atoms with Crippen molar-refractivity contribution in [3.63, 3.8) is 0 Å². The van der Waals surface area contributed by atoms with Crippen LogP contribution in [0.5, 0.6) is 0 Å². The van der Waals surface area contributed by atoms with Crippen molar-refractivity contribution in [1.82, 2.24) is 0 Å². The van der Waals surface area contributed by atoms with Crippen molar-refractivity contribution in [3.05, 3.63) is 0 Å². The Morgan fingerprint density at radius 3 is 2.21 bits per heavy atom. The highest BCUT2D eigenvalue weighted by molar-refractivity contribution is 5.69. The van der Waals surface area contributed by atoms with Crippen molar-refractivity contribution in [2.24, 2.45) is 0 Å². The molecule has 0 heterocycles. The van der Waals surface area contributed by atoms with Gasteiger partial charge in [-0.15, -0.1) is 0 Å². The average molecular weight is 202 g/mol. The second-order valence-corrected chi connectivity index (χ2v) is 3.55. The van der Waals surface area contributed by atoms with Crippen LogP contribution in [0.15, 0.2) is 0 Å². The van der Waals surface area contributed by atoms with E-state index in [-0.39, 0.29) is 18.2 Å². The van der Waals surface area contributed by atoms with Crippen LogP contribution in [0.3, 0.4) is 0 Å². The van der Waals surface area contributed by atoms with Crippen molar-refractivity contribution in [3.8, 4) is 0 Å². The molecule has 3 nitrogen and oxygen atoms in total. The van der Waals surface area contributed by atoms with Gasteiger partial charge >= 0.3 is 5.97 Å². The lowest BCUT2D eigenvalue weighted by atomic mass is 10.3. The molecule has 0 saturated carbocycles. The highest BCUT2D eigenvalue weighted by Crippen LogP contribution is 2.01. The fourth-order valence-electron chi connectivity index (χ4n) is 0.828. The van der Waals surface area contributed by atoms with Crippen LogP contribution >= 0.6 is 0 Å². The van der Waals surface area contributed by atoms with Crippen LogP contribution in [0.4, 0.5) is 0 Å². The van der Waals surface area contributed by atoms with E-state index in [2.05, 4.69) is 6.92 Å². The van der Waals surface area contributed by atoms with E-state index in [0.29, 0.717) is 13.0 Å². The van der Waals surface area contributed by atoms with Crippen molar-refractivity contribution in [2.45, 2.75) is 59.2 Å². The standard InChI is InChI=1S/C11H22O3/c1-5-9(3)13-8-7-11(12)14-10(4)6-2/h9-10H,5-8H2,1-4H3. The van der Waals surface area contributed by atoms with Gasteiger partial charge in [0, 0.05) is 0 Å². The summed E-state index contributed by atoms with van der Waals surface area (Å²) in [5.74, 6) is -0.164. The molecule has 0 aliphatic heterocycles. The van der Waals surface area contributed by atoms with Gasteiger partial charge in [-0.3, -0.25) is 4.79 Å². The molecule has 0 aromatic carbocycles. The summed E-state index contributed by atoms with van der Waals surface area (Å²) in [5, 5.41) is 0. The fraction of sp³-hybridized carbons (Fsp3) is 0.909. The summed E-state index contributed by atoms with van der Waals surface area (Å²) in [6.45, 7) is 8.41. The third-order valence-electron chi connectivity index (χ3n) is 2.19. The van der Waals surface area contributed by atoms with Gasteiger partial charge in [-0.05, 0) is 26.7 Å². The smallest absolute Gasteiger partial charge is 0.308 e. The zero-order valence-corrected chi connectivity index (χ0v) is 9.71. The molecular weight excluding hydrogens is 180 g/mol. The summed E-state index contributed by atoms with van der Waals surface area (Å²) in [5.41, 5.74) is 0. The minimum Gasteiger partial charge on any atom is -0.463 e. The second kappa shape index (κ2) is 7.80. The molecule has 0 spiro atoms. The van der Waals surface area contributed by atoms with E-state index in [1.54, 1.807) is 0 Å². The zero-order chi connectivity index (χ0) is 11.0. The number of rotatable bonds is 7. The molecule has 0 aromatic rings. The molecule has 0 aliphatic carbocycles. The van der Waals surface area contributed by atoms with Crippen LogP contribution < -0.4 is 0 Å². The predicted octanol–water partition coefficient (Wildman–Crippen LogP) is 2.53. The number of carbonyl (C=O) groups excluding carboxylic acids is 1. The van der Waals surface area contributed by atoms with E-state index >= 15 is 0 Å². The molecule has 2 unspecified atom stereocenters. The normalized spacial score (nSPS) is 14.9. The third-order valence-corrected chi connectivity index (χ3v) is 2.19. The van der Waals surface area contributed by atoms with Gasteiger partial charge in [0.15, 0.2) is 0 Å². The van der Waals surface area contributed by atoms with Crippen LogP contribution in [0.2, 0.25) is 0 Å². The number of ether oxygens (including phenoxy) is 2. The Kier molecular flexibility index (Phi) is 7.48. The number of carbonyl (C=O) groups is 1. The summed E-state index contributed by atoms with van der Waals surface area (Å²) in [4.78, 5) is 11.2. The van der Waals surface area contributed by atoms with E-state index in [0.717, 1.165) is 12.8 Å². The maximum absolute atomic E-state index is 11.2. The Hall–Kier alpha value is -0.570. The Balaban J connectivity index is 3.44. The van der Waals surface area contributed by atoms with Crippen molar-refractivity contribution in [1.29, 1.82) is 0 Å². The molecule has 0 fully saturated rings. The van der Waals surface area contributed by atoms with Crippen LogP contribution in [-0.4, -0.2) is 24.8 Å². The third kappa shape index (κ3) is 6.89. The van der Waals surface area contributed by atoms with E-state index in [1.807, 2.05) is 20.8 Å². The van der Waals surface area contributed by atoms with Gasteiger partial charge in [-0.2, -0.15) is 0 Å². The van der Waals surface area contributed by atoms with E-state index < -0.39 is 0 Å². The molecule has 84 valence electrons. The molecule has 0 N–H and O–H groups in total. The van der Waals surface area contributed by atoms with E-state index in [1.165, 1.54) is 0 Å². The topological polar surface area (TPSA) is 35.5 Å². The van der Waals surface area contributed by atoms with Crippen LogP contribution in [0.1, 0.15) is 47.0 Å². The molecule has 2 atom stereocenters. The molecule has 14 heavy (non-hydrogen) atoms. The molecular formula is C11H22O3. The molecule has 0 aromatic heterocycles. The summed E-state index contributed by atoms with van der Waals surface area (Å²) in [6, 6.07) is 0. The Morgan fingerprint density at radius 1 is 1.14 bits per heavy atom. The zero-order valence-electron chi connectivity index (χ0n) is 9.71. The second-order valence-electron chi connectivity index (χ2n) is 3.55. The first-order chi connectivity index (χ1) is 6.60. The van der Waals surface area contributed by atoms with Gasteiger partial charge in [0.05, 0.1) is 25.2 Å². The highest BCUT2D eigenvalue weighted by Gasteiger charge is 2.08.